The molecule has 0 spiro atoms. The van der Waals surface area contributed by atoms with E-state index < -0.39 is 5.60 Å². The van der Waals surface area contributed by atoms with Crippen molar-refractivity contribution in [3.05, 3.63) is 21.2 Å². The number of anilines is 1. The predicted molar refractivity (Wildman–Crippen MR) is 62.0 cm³/mol. The third kappa shape index (κ3) is 3.32. The molecule has 0 saturated heterocycles. The minimum absolute atomic E-state index is 0.247. The van der Waals surface area contributed by atoms with Crippen molar-refractivity contribution in [2.45, 2.75) is 25.9 Å². The Morgan fingerprint density at radius 2 is 2.40 bits per heavy atom. The molecule has 0 aliphatic rings. The first-order valence-corrected chi connectivity index (χ1v) is 5.45. The lowest BCUT2D eigenvalue weighted by Crippen LogP contribution is -2.33. The summed E-state index contributed by atoms with van der Waals surface area (Å²) in [4.78, 5) is 17.6. The van der Waals surface area contributed by atoms with Crippen LogP contribution in [0.2, 0.25) is 0 Å². The molecule has 1 aromatic heterocycles. The molecule has 1 atom stereocenters. The monoisotopic (exact) mass is 275 g/mol. The fourth-order valence-corrected chi connectivity index (χ4v) is 1.26. The first-order chi connectivity index (χ1) is 6.96. The number of hydrogen-bond acceptors (Lipinski definition) is 4. The Hall–Kier alpha value is -0.880. The smallest absolute Gasteiger partial charge is 0.267 e. The Morgan fingerprint density at radius 1 is 1.73 bits per heavy atom. The fourth-order valence-electron chi connectivity index (χ4n) is 0.905. The topological polar surface area (TPSA) is 78.0 Å². The predicted octanol–water partition coefficient (Wildman–Crippen LogP) is 1.11. The summed E-state index contributed by atoms with van der Waals surface area (Å²) in [5.41, 5.74) is -1.05. The van der Waals surface area contributed by atoms with Crippen LogP contribution in [0.25, 0.3) is 0 Å². The van der Waals surface area contributed by atoms with Crippen molar-refractivity contribution < 1.29 is 5.11 Å². The number of aromatic amines is 1. The van der Waals surface area contributed by atoms with Gasteiger partial charge in [-0.1, -0.05) is 6.92 Å². The first kappa shape index (κ1) is 12.2. The molecule has 5 nitrogen and oxygen atoms in total. The average molecular weight is 276 g/mol. The standard InChI is InChI=1S/C9H14BrN3O2/c1-3-9(2,15)4-11-7-6(10)8(14)13-5-12-7/h5,15H,3-4H2,1-2H3,(H2,11,12,13,14). The van der Waals surface area contributed by atoms with E-state index in [1.54, 1.807) is 6.92 Å². The van der Waals surface area contributed by atoms with Crippen LogP contribution >= 0.6 is 15.9 Å². The van der Waals surface area contributed by atoms with Gasteiger partial charge in [-0.2, -0.15) is 0 Å². The molecule has 3 N–H and O–H groups in total. The van der Waals surface area contributed by atoms with Gasteiger partial charge in [-0.25, -0.2) is 4.98 Å². The zero-order valence-corrected chi connectivity index (χ0v) is 10.3. The van der Waals surface area contributed by atoms with E-state index in [1.807, 2.05) is 6.92 Å². The summed E-state index contributed by atoms with van der Waals surface area (Å²) in [6.07, 6.45) is 1.94. The van der Waals surface area contributed by atoms with Crippen molar-refractivity contribution in [1.82, 2.24) is 9.97 Å². The highest BCUT2D eigenvalue weighted by Crippen LogP contribution is 2.15. The van der Waals surface area contributed by atoms with Gasteiger partial charge in [-0.15, -0.1) is 0 Å². The van der Waals surface area contributed by atoms with Gasteiger partial charge < -0.3 is 15.4 Å². The third-order valence-corrected chi connectivity index (χ3v) is 2.93. The van der Waals surface area contributed by atoms with Crippen molar-refractivity contribution in [3.8, 4) is 0 Å². The molecule has 0 aliphatic heterocycles. The molecular weight excluding hydrogens is 262 g/mol. The van der Waals surface area contributed by atoms with Crippen LogP contribution in [0.4, 0.5) is 5.82 Å². The molecule has 1 unspecified atom stereocenters. The van der Waals surface area contributed by atoms with E-state index in [-0.39, 0.29) is 5.56 Å². The van der Waals surface area contributed by atoms with Crippen LogP contribution < -0.4 is 10.9 Å². The molecule has 1 heterocycles. The van der Waals surface area contributed by atoms with Crippen molar-refractivity contribution in [3.63, 3.8) is 0 Å². The number of rotatable bonds is 4. The number of halogens is 1. The van der Waals surface area contributed by atoms with Crippen molar-refractivity contribution in [2.75, 3.05) is 11.9 Å². The minimum atomic E-state index is -0.802. The van der Waals surface area contributed by atoms with Gasteiger partial charge in [0.15, 0.2) is 0 Å². The quantitative estimate of drug-likeness (QED) is 0.769. The Labute approximate surface area is 96.1 Å². The zero-order valence-electron chi connectivity index (χ0n) is 8.67. The first-order valence-electron chi connectivity index (χ1n) is 4.65. The second kappa shape index (κ2) is 4.76. The van der Waals surface area contributed by atoms with Gasteiger partial charge in [0.05, 0.1) is 11.9 Å². The number of nitrogens with zero attached hydrogens (tertiary/aromatic N) is 1. The lowest BCUT2D eigenvalue weighted by Gasteiger charge is -2.21. The Morgan fingerprint density at radius 3 is 3.00 bits per heavy atom. The summed E-state index contributed by atoms with van der Waals surface area (Å²) in [7, 11) is 0. The van der Waals surface area contributed by atoms with Crippen LogP contribution in [0.3, 0.4) is 0 Å². The van der Waals surface area contributed by atoms with Gasteiger partial charge in [0.1, 0.15) is 10.3 Å². The Bertz CT molecular complexity index is 389. The van der Waals surface area contributed by atoms with Crippen molar-refractivity contribution in [1.29, 1.82) is 0 Å². The highest BCUT2D eigenvalue weighted by Gasteiger charge is 2.18. The summed E-state index contributed by atoms with van der Waals surface area (Å²) >= 11 is 3.12. The maximum atomic E-state index is 11.2. The molecule has 84 valence electrons. The van der Waals surface area contributed by atoms with Gasteiger partial charge in [0.25, 0.3) is 5.56 Å². The molecule has 15 heavy (non-hydrogen) atoms. The summed E-state index contributed by atoms with van der Waals surface area (Å²) < 4.78 is 0.344. The second-order valence-electron chi connectivity index (χ2n) is 3.60. The highest BCUT2D eigenvalue weighted by molar-refractivity contribution is 9.10. The van der Waals surface area contributed by atoms with E-state index in [0.717, 1.165) is 0 Å². The summed E-state index contributed by atoms with van der Waals surface area (Å²) in [6.45, 7) is 3.96. The molecule has 0 saturated carbocycles. The number of hydrogen-bond donors (Lipinski definition) is 3. The molecule has 0 bridgehead atoms. The maximum absolute atomic E-state index is 11.2. The maximum Gasteiger partial charge on any atom is 0.267 e. The van der Waals surface area contributed by atoms with E-state index >= 15 is 0 Å². The van der Waals surface area contributed by atoms with Crippen molar-refractivity contribution >= 4 is 21.7 Å². The summed E-state index contributed by atoms with van der Waals surface area (Å²) in [5, 5.41) is 12.7. The van der Waals surface area contributed by atoms with E-state index in [9.17, 15) is 9.90 Å². The molecule has 0 amide bonds. The van der Waals surface area contributed by atoms with Crippen molar-refractivity contribution in [2.24, 2.45) is 0 Å². The van der Waals surface area contributed by atoms with Crippen LogP contribution in [0, 0.1) is 0 Å². The second-order valence-corrected chi connectivity index (χ2v) is 4.39. The van der Waals surface area contributed by atoms with E-state index in [1.165, 1.54) is 6.33 Å². The molecule has 6 heteroatoms. The lowest BCUT2D eigenvalue weighted by atomic mass is 10.0. The SMILES string of the molecule is CCC(C)(O)CNc1nc[nH]c(=O)c1Br. The zero-order chi connectivity index (χ0) is 11.5. The van der Waals surface area contributed by atoms with E-state index in [2.05, 4.69) is 31.2 Å². The Balaban J connectivity index is 2.74. The number of H-pyrrole nitrogens is 1. The van der Waals surface area contributed by atoms with Gasteiger partial charge in [0.2, 0.25) is 0 Å². The van der Waals surface area contributed by atoms with Crippen LogP contribution in [0.1, 0.15) is 20.3 Å². The van der Waals surface area contributed by atoms with Crippen LogP contribution in [-0.4, -0.2) is 27.2 Å². The molecule has 1 aromatic rings. The fraction of sp³-hybridized carbons (Fsp3) is 0.556. The van der Waals surface area contributed by atoms with E-state index in [0.29, 0.717) is 23.3 Å². The minimum Gasteiger partial charge on any atom is -0.388 e. The normalized spacial score (nSPS) is 14.7. The van der Waals surface area contributed by atoms with Gasteiger partial charge in [-0.3, -0.25) is 4.79 Å². The number of nitrogens with one attached hydrogen (secondary N) is 2. The Kier molecular flexibility index (Phi) is 3.87. The summed E-state index contributed by atoms with van der Waals surface area (Å²) in [5.74, 6) is 0.437. The highest BCUT2D eigenvalue weighted by atomic mass is 79.9. The molecule has 0 radical (unpaired) electrons. The van der Waals surface area contributed by atoms with E-state index in [4.69, 9.17) is 0 Å². The number of aliphatic hydroxyl groups is 1. The van der Waals surface area contributed by atoms with Gasteiger partial charge in [-0.05, 0) is 29.3 Å². The van der Waals surface area contributed by atoms with Crippen LogP contribution in [0.15, 0.2) is 15.6 Å². The van der Waals surface area contributed by atoms with Gasteiger partial charge in [0, 0.05) is 6.54 Å². The average Bonchev–Trinajstić information content (AvgIpc) is 2.20. The third-order valence-electron chi connectivity index (χ3n) is 2.19. The molecule has 0 aliphatic carbocycles. The molecular formula is C9H14BrN3O2. The molecule has 0 fully saturated rings. The van der Waals surface area contributed by atoms with Crippen LogP contribution in [-0.2, 0) is 0 Å². The lowest BCUT2D eigenvalue weighted by molar-refractivity contribution is 0.0696. The largest absolute Gasteiger partial charge is 0.388 e. The van der Waals surface area contributed by atoms with Gasteiger partial charge >= 0.3 is 0 Å². The summed E-state index contributed by atoms with van der Waals surface area (Å²) in [6, 6.07) is 0. The number of aromatic nitrogens is 2. The van der Waals surface area contributed by atoms with Crippen LogP contribution in [0.5, 0.6) is 0 Å². The molecule has 0 aromatic carbocycles. The molecule has 1 rings (SSSR count).